The van der Waals surface area contributed by atoms with Crippen LogP contribution >= 0.6 is 0 Å². The van der Waals surface area contributed by atoms with E-state index in [0.29, 0.717) is 11.1 Å². The number of benzene rings is 2. The molecule has 162 valence electrons. The van der Waals surface area contributed by atoms with Crippen molar-refractivity contribution in [1.29, 1.82) is 0 Å². The van der Waals surface area contributed by atoms with Crippen LogP contribution in [0.3, 0.4) is 0 Å². The highest BCUT2D eigenvalue weighted by molar-refractivity contribution is 5.91. The number of Topliss-reactive ketones (excluding diaryl/α,β-unsaturated/α-hetero) is 2. The molecule has 0 aliphatic rings. The summed E-state index contributed by atoms with van der Waals surface area (Å²) in [5, 5.41) is 39.6. The zero-order valence-corrected chi connectivity index (χ0v) is 17.5. The number of aliphatic hydroxyl groups is 2. The van der Waals surface area contributed by atoms with Crippen LogP contribution in [0.15, 0.2) is 48.5 Å². The molecule has 4 atom stereocenters. The predicted octanol–water partition coefficient (Wildman–Crippen LogP) is 2.97. The molecule has 6 nitrogen and oxygen atoms in total. The van der Waals surface area contributed by atoms with E-state index in [4.69, 9.17) is 0 Å². The molecule has 0 aromatic heterocycles. The molecule has 0 aliphatic heterocycles. The molecule has 2 rings (SSSR count). The monoisotopic (exact) mass is 414 g/mol. The Morgan fingerprint density at radius 3 is 1.80 bits per heavy atom. The summed E-state index contributed by atoms with van der Waals surface area (Å²) in [5.41, 5.74) is 1.31. The lowest BCUT2D eigenvalue weighted by Crippen LogP contribution is -2.35. The minimum Gasteiger partial charge on any atom is -0.508 e. The summed E-state index contributed by atoms with van der Waals surface area (Å²) in [6.07, 6.45) is -2.17. The van der Waals surface area contributed by atoms with Gasteiger partial charge in [-0.05, 0) is 47.7 Å². The molecule has 30 heavy (non-hydrogen) atoms. The van der Waals surface area contributed by atoms with Crippen LogP contribution in [0.25, 0.3) is 0 Å². The number of aliphatic hydroxyl groups excluding tert-OH is 2. The first-order chi connectivity index (χ1) is 14.1. The van der Waals surface area contributed by atoms with Crippen LogP contribution in [0.5, 0.6) is 11.5 Å². The van der Waals surface area contributed by atoms with Gasteiger partial charge in [-0.1, -0.05) is 45.0 Å². The van der Waals surface area contributed by atoms with Gasteiger partial charge in [0.15, 0.2) is 11.6 Å². The number of ketones is 2. The highest BCUT2D eigenvalue weighted by Crippen LogP contribution is 2.30. The van der Waals surface area contributed by atoms with E-state index in [1.165, 1.54) is 24.3 Å². The average molecular weight is 414 g/mol. The van der Waals surface area contributed by atoms with Gasteiger partial charge < -0.3 is 20.4 Å². The molecular weight excluding hydrogens is 384 g/mol. The number of hydrogen-bond donors (Lipinski definition) is 4. The maximum absolute atomic E-state index is 12.9. The van der Waals surface area contributed by atoms with Crippen molar-refractivity contribution in [3.05, 3.63) is 59.7 Å². The minimum absolute atomic E-state index is 0.0581. The lowest BCUT2D eigenvalue weighted by Gasteiger charge is -2.25. The molecule has 0 bridgehead atoms. The van der Waals surface area contributed by atoms with E-state index < -0.39 is 29.8 Å². The van der Waals surface area contributed by atoms with E-state index in [0.717, 1.165) is 0 Å². The van der Waals surface area contributed by atoms with Crippen molar-refractivity contribution < 1.29 is 30.0 Å². The van der Waals surface area contributed by atoms with Crippen LogP contribution in [0.2, 0.25) is 0 Å². The molecule has 0 amide bonds. The number of hydrogen-bond acceptors (Lipinski definition) is 6. The van der Waals surface area contributed by atoms with Gasteiger partial charge in [-0.25, -0.2) is 0 Å². The lowest BCUT2D eigenvalue weighted by molar-refractivity contribution is -0.133. The summed E-state index contributed by atoms with van der Waals surface area (Å²) in [6, 6.07) is 12.4. The molecule has 6 heteroatoms. The zero-order valence-electron chi connectivity index (χ0n) is 17.5. The van der Waals surface area contributed by atoms with Gasteiger partial charge in [0.2, 0.25) is 0 Å². The molecule has 4 N–H and O–H groups in total. The van der Waals surface area contributed by atoms with Gasteiger partial charge in [0.25, 0.3) is 0 Å². The Morgan fingerprint density at radius 1 is 0.800 bits per heavy atom. The standard InChI is InChI=1S/C24H30O6/c1-14(2)22(28)24(30)20(17-6-10-19(26)11-7-17)12-15(3)23(29)21(27)13-16-4-8-18(25)9-5-16/h4-11,14-15,20-22,25-28H,12-13H2,1-3H3. The topological polar surface area (TPSA) is 115 Å². The molecular formula is C24H30O6. The highest BCUT2D eigenvalue weighted by Gasteiger charge is 2.33. The third-order valence-corrected chi connectivity index (χ3v) is 5.33. The van der Waals surface area contributed by atoms with Crippen LogP contribution in [-0.4, -0.2) is 44.2 Å². The summed E-state index contributed by atoms with van der Waals surface area (Å²) in [5.74, 6) is -2.25. The number of carbonyl (C=O) groups is 2. The summed E-state index contributed by atoms with van der Waals surface area (Å²) in [6.45, 7) is 5.14. The number of phenols is 2. The summed E-state index contributed by atoms with van der Waals surface area (Å²) >= 11 is 0. The smallest absolute Gasteiger partial charge is 0.168 e. The molecule has 2 aromatic rings. The minimum atomic E-state index is -1.24. The summed E-state index contributed by atoms with van der Waals surface area (Å²) in [4.78, 5) is 25.7. The third-order valence-electron chi connectivity index (χ3n) is 5.33. The SMILES string of the molecule is CC(CC(C(=O)C(O)C(C)C)c1ccc(O)cc1)C(=O)C(O)Cc1ccc(O)cc1. The number of aromatic hydroxyl groups is 2. The van der Waals surface area contributed by atoms with Crippen LogP contribution in [0.4, 0.5) is 0 Å². The Kier molecular flexibility index (Phi) is 8.15. The van der Waals surface area contributed by atoms with Gasteiger partial charge in [-0.3, -0.25) is 9.59 Å². The number of rotatable bonds is 10. The molecule has 0 aliphatic carbocycles. The molecule has 0 heterocycles. The molecule has 0 spiro atoms. The summed E-state index contributed by atoms with van der Waals surface area (Å²) < 4.78 is 0. The highest BCUT2D eigenvalue weighted by atomic mass is 16.3. The van der Waals surface area contributed by atoms with Crippen molar-refractivity contribution in [2.45, 2.75) is 51.7 Å². The number of phenolic OH excluding ortho intramolecular Hbond substituents is 2. The van der Waals surface area contributed by atoms with Crippen LogP contribution in [0.1, 0.15) is 44.2 Å². The molecule has 0 radical (unpaired) electrons. The lowest BCUT2D eigenvalue weighted by atomic mass is 9.80. The first kappa shape index (κ1) is 23.6. The third kappa shape index (κ3) is 6.15. The van der Waals surface area contributed by atoms with Crippen LogP contribution in [-0.2, 0) is 16.0 Å². The van der Waals surface area contributed by atoms with Gasteiger partial charge in [0, 0.05) is 18.3 Å². The number of carbonyl (C=O) groups excluding carboxylic acids is 2. The fourth-order valence-corrected chi connectivity index (χ4v) is 3.41. The van der Waals surface area contributed by atoms with Gasteiger partial charge in [-0.2, -0.15) is 0 Å². The predicted molar refractivity (Wildman–Crippen MR) is 113 cm³/mol. The Hall–Kier alpha value is -2.70. The normalized spacial score (nSPS) is 15.4. The Labute approximate surface area is 176 Å². The molecule has 2 aromatic carbocycles. The van der Waals surface area contributed by atoms with Crippen LogP contribution in [0, 0.1) is 11.8 Å². The Balaban J connectivity index is 2.16. The largest absolute Gasteiger partial charge is 0.508 e. The van der Waals surface area contributed by atoms with Gasteiger partial charge in [-0.15, -0.1) is 0 Å². The fourth-order valence-electron chi connectivity index (χ4n) is 3.41. The van der Waals surface area contributed by atoms with Crippen molar-refractivity contribution in [3.63, 3.8) is 0 Å². The maximum Gasteiger partial charge on any atom is 0.168 e. The van der Waals surface area contributed by atoms with Crippen LogP contribution < -0.4 is 0 Å². The van der Waals surface area contributed by atoms with Gasteiger partial charge in [0.05, 0.1) is 0 Å². The second-order valence-corrected chi connectivity index (χ2v) is 8.16. The second kappa shape index (κ2) is 10.4. The molecule has 0 fully saturated rings. The van der Waals surface area contributed by atoms with Gasteiger partial charge in [0.1, 0.15) is 23.7 Å². The van der Waals surface area contributed by atoms with E-state index in [9.17, 15) is 30.0 Å². The van der Waals surface area contributed by atoms with E-state index in [1.807, 2.05) is 0 Å². The average Bonchev–Trinajstić information content (AvgIpc) is 2.72. The van der Waals surface area contributed by atoms with E-state index in [1.54, 1.807) is 45.0 Å². The fraction of sp³-hybridized carbons (Fsp3) is 0.417. The van der Waals surface area contributed by atoms with Crippen molar-refractivity contribution >= 4 is 11.6 Å². The molecule has 4 unspecified atom stereocenters. The van der Waals surface area contributed by atoms with E-state index in [-0.39, 0.29) is 36.0 Å². The summed E-state index contributed by atoms with van der Waals surface area (Å²) in [7, 11) is 0. The molecule has 0 saturated carbocycles. The molecule has 0 saturated heterocycles. The Bertz CT molecular complexity index is 841. The van der Waals surface area contributed by atoms with Crippen molar-refractivity contribution in [2.24, 2.45) is 11.8 Å². The Morgan fingerprint density at radius 2 is 1.30 bits per heavy atom. The first-order valence-corrected chi connectivity index (χ1v) is 10.1. The second-order valence-electron chi connectivity index (χ2n) is 8.16. The van der Waals surface area contributed by atoms with Crippen molar-refractivity contribution in [2.75, 3.05) is 0 Å². The first-order valence-electron chi connectivity index (χ1n) is 10.1. The van der Waals surface area contributed by atoms with E-state index in [2.05, 4.69) is 0 Å². The van der Waals surface area contributed by atoms with E-state index >= 15 is 0 Å². The quantitative estimate of drug-likeness (QED) is 0.475. The maximum atomic E-state index is 12.9. The van der Waals surface area contributed by atoms with Crippen molar-refractivity contribution in [1.82, 2.24) is 0 Å². The van der Waals surface area contributed by atoms with Crippen molar-refractivity contribution in [3.8, 4) is 11.5 Å². The zero-order chi connectivity index (χ0) is 22.4. The van der Waals surface area contributed by atoms with Gasteiger partial charge >= 0.3 is 0 Å².